The van der Waals surface area contributed by atoms with Gasteiger partial charge in [-0.05, 0) is 50.1 Å². The number of para-hydroxylation sites is 2. The molecule has 2 heterocycles. The highest BCUT2D eigenvalue weighted by molar-refractivity contribution is 5.91. The van der Waals surface area contributed by atoms with Crippen LogP contribution < -0.4 is 14.8 Å². The number of ether oxygens (including phenoxy) is 2. The maximum absolute atomic E-state index is 12.7. The van der Waals surface area contributed by atoms with E-state index in [0.717, 1.165) is 17.7 Å². The highest BCUT2D eigenvalue weighted by Gasteiger charge is 2.31. The molecule has 1 aliphatic heterocycles. The third-order valence-corrected chi connectivity index (χ3v) is 5.32. The van der Waals surface area contributed by atoms with Gasteiger partial charge in [0.05, 0.1) is 24.8 Å². The average Bonchev–Trinajstić information content (AvgIpc) is 3.45. The molecule has 0 radical (unpaired) electrons. The van der Waals surface area contributed by atoms with Crippen molar-refractivity contribution in [3.63, 3.8) is 0 Å². The van der Waals surface area contributed by atoms with Gasteiger partial charge in [0.1, 0.15) is 11.5 Å². The van der Waals surface area contributed by atoms with E-state index in [1.807, 2.05) is 62.4 Å². The number of benzene rings is 2. The van der Waals surface area contributed by atoms with Gasteiger partial charge in [-0.1, -0.05) is 29.4 Å². The Kier molecular flexibility index (Phi) is 6.89. The minimum atomic E-state index is -0.161. The van der Waals surface area contributed by atoms with Crippen LogP contribution in [0.1, 0.15) is 36.5 Å². The number of nitrogens with one attached hydrogen (secondary N) is 1. The van der Waals surface area contributed by atoms with Crippen molar-refractivity contribution in [3.8, 4) is 11.5 Å². The van der Waals surface area contributed by atoms with Gasteiger partial charge in [0.2, 0.25) is 5.89 Å². The van der Waals surface area contributed by atoms with E-state index in [1.165, 1.54) is 0 Å². The Balaban J connectivity index is 1.28. The molecule has 1 unspecified atom stereocenters. The lowest BCUT2D eigenvalue weighted by Gasteiger charge is -2.18. The van der Waals surface area contributed by atoms with E-state index < -0.39 is 0 Å². The van der Waals surface area contributed by atoms with Crippen LogP contribution in [0.4, 0.5) is 10.5 Å². The van der Waals surface area contributed by atoms with E-state index in [0.29, 0.717) is 55.9 Å². The first-order valence-electron chi connectivity index (χ1n) is 10.9. The Hall–Kier alpha value is -3.55. The van der Waals surface area contributed by atoms with Crippen molar-refractivity contribution in [1.82, 2.24) is 15.0 Å². The molecule has 0 spiro atoms. The van der Waals surface area contributed by atoms with Crippen molar-refractivity contribution < 1.29 is 18.8 Å². The molecule has 8 nitrogen and oxygen atoms in total. The molecule has 2 amide bonds. The van der Waals surface area contributed by atoms with Gasteiger partial charge in [-0.25, -0.2) is 4.79 Å². The summed E-state index contributed by atoms with van der Waals surface area (Å²) < 4.78 is 16.8. The second-order valence-corrected chi connectivity index (χ2v) is 7.75. The molecule has 168 valence electrons. The Bertz CT molecular complexity index is 1050. The molecule has 1 aliphatic rings. The summed E-state index contributed by atoms with van der Waals surface area (Å²) in [6.07, 6.45) is 1.34. The normalized spacial score (nSPS) is 15.6. The molecule has 3 aromatic rings. The lowest BCUT2D eigenvalue weighted by Crippen LogP contribution is -2.33. The second-order valence-electron chi connectivity index (χ2n) is 7.75. The molecule has 2 aromatic carbocycles. The Labute approximate surface area is 187 Å². The van der Waals surface area contributed by atoms with Gasteiger partial charge in [-0.3, -0.25) is 0 Å². The topological polar surface area (TPSA) is 89.7 Å². The van der Waals surface area contributed by atoms with E-state index in [-0.39, 0.29) is 11.9 Å². The lowest BCUT2D eigenvalue weighted by molar-refractivity contribution is 0.221. The van der Waals surface area contributed by atoms with Crippen LogP contribution in [-0.2, 0) is 6.42 Å². The molecule has 8 heteroatoms. The summed E-state index contributed by atoms with van der Waals surface area (Å²) in [5.74, 6) is 2.70. The van der Waals surface area contributed by atoms with Crippen molar-refractivity contribution in [2.45, 2.75) is 32.6 Å². The van der Waals surface area contributed by atoms with Crippen LogP contribution in [0.25, 0.3) is 0 Å². The number of rotatable bonds is 8. The van der Waals surface area contributed by atoms with Gasteiger partial charge in [0.25, 0.3) is 0 Å². The van der Waals surface area contributed by atoms with Crippen LogP contribution in [0.15, 0.2) is 53.1 Å². The smallest absolute Gasteiger partial charge is 0.321 e. The second kappa shape index (κ2) is 10.2. The summed E-state index contributed by atoms with van der Waals surface area (Å²) in [5.41, 5.74) is 1.82. The number of carbonyl (C=O) groups is 1. The predicted molar refractivity (Wildman–Crippen MR) is 120 cm³/mol. The first-order chi connectivity index (χ1) is 15.6. The standard InChI is InChI=1S/C24H28N4O4/c1-3-30-21-10-5-4-9-20(21)25-24(29)28-13-11-18(16-28)23-26-22(27-32-23)12-14-31-19-8-6-7-17(2)15-19/h4-10,15,18H,3,11-14,16H2,1-2H3,(H,25,29). The third-order valence-electron chi connectivity index (χ3n) is 5.32. The van der Waals surface area contributed by atoms with Crippen LogP contribution in [0.3, 0.4) is 0 Å². The number of nitrogens with zero attached hydrogens (tertiary/aromatic N) is 3. The average molecular weight is 437 g/mol. The molecule has 0 saturated carbocycles. The van der Waals surface area contributed by atoms with Gasteiger partial charge in [-0.2, -0.15) is 4.98 Å². The molecule has 1 saturated heterocycles. The number of amides is 2. The van der Waals surface area contributed by atoms with Crippen LogP contribution in [0, 0.1) is 6.92 Å². The van der Waals surface area contributed by atoms with Gasteiger partial charge in [0, 0.05) is 19.5 Å². The SMILES string of the molecule is CCOc1ccccc1NC(=O)N1CCC(c2nc(CCOc3cccc(C)c3)no2)C1. The monoisotopic (exact) mass is 436 g/mol. The Morgan fingerprint density at radius 3 is 2.94 bits per heavy atom. The summed E-state index contributed by atoms with van der Waals surface area (Å²) >= 11 is 0. The largest absolute Gasteiger partial charge is 0.493 e. The zero-order valence-electron chi connectivity index (χ0n) is 18.4. The fourth-order valence-electron chi connectivity index (χ4n) is 3.69. The number of carbonyl (C=O) groups excluding carboxylic acids is 1. The minimum Gasteiger partial charge on any atom is -0.493 e. The van der Waals surface area contributed by atoms with E-state index in [2.05, 4.69) is 15.5 Å². The molecule has 32 heavy (non-hydrogen) atoms. The number of urea groups is 1. The maximum Gasteiger partial charge on any atom is 0.321 e. The Morgan fingerprint density at radius 2 is 2.09 bits per heavy atom. The predicted octanol–water partition coefficient (Wildman–Crippen LogP) is 4.42. The van der Waals surface area contributed by atoms with Crippen molar-refractivity contribution in [3.05, 3.63) is 65.8 Å². The van der Waals surface area contributed by atoms with Crippen LogP contribution in [-0.4, -0.2) is 47.4 Å². The summed E-state index contributed by atoms with van der Waals surface area (Å²) in [6.45, 7) is 6.11. The number of aryl methyl sites for hydroxylation is 1. The van der Waals surface area contributed by atoms with Crippen molar-refractivity contribution in [1.29, 1.82) is 0 Å². The zero-order chi connectivity index (χ0) is 22.3. The summed E-state index contributed by atoms with van der Waals surface area (Å²) in [7, 11) is 0. The molecule has 0 aliphatic carbocycles. The molecule has 1 atom stereocenters. The molecular weight excluding hydrogens is 408 g/mol. The van der Waals surface area contributed by atoms with Gasteiger partial charge in [0.15, 0.2) is 5.82 Å². The summed E-state index contributed by atoms with van der Waals surface area (Å²) in [5, 5.41) is 7.02. The fourth-order valence-corrected chi connectivity index (χ4v) is 3.69. The molecular formula is C24H28N4O4. The van der Waals surface area contributed by atoms with Crippen molar-refractivity contribution in [2.75, 3.05) is 31.6 Å². The van der Waals surface area contributed by atoms with Crippen LogP contribution >= 0.6 is 0 Å². The van der Waals surface area contributed by atoms with Crippen LogP contribution in [0.5, 0.6) is 11.5 Å². The van der Waals surface area contributed by atoms with Gasteiger partial charge >= 0.3 is 6.03 Å². The number of anilines is 1. The van der Waals surface area contributed by atoms with E-state index in [9.17, 15) is 4.79 Å². The van der Waals surface area contributed by atoms with Gasteiger partial charge < -0.3 is 24.2 Å². The molecule has 0 bridgehead atoms. The number of hydrogen-bond acceptors (Lipinski definition) is 6. The highest BCUT2D eigenvalue weighted by Crippen LogP contribution is 2.28. The van der Waals surface area contributed by atoms with Crippen molar-refractivity contribution in [2.24, 2.45) is 0 Å². The van der Waals surface area contributed by atoms with Gasteiger partial charge in [-0.15, -0.1) is 0 Å². The fraction of sp³-hybridized carbons (Fsp3) is 0.375. The van der Waals surface area contributed by atoms with Crippen molar-refractivity contribution >= 4 is 11.7 Å². The third kappa shape index (κ3) is 5.38. The zero-order valence-corrected chi connectivity index (χ0v) is 18.4. The Morgan fingerprint density at radius 1 is 1.22 bits per heavy atom. The first kappa shape index (κ1) is 21.7. The summed E-state index contributed by atoms with van der Waals surface area (Å²) in [6, 6.07) is 15.2. The number of hydrogen-bond donors (Lipinski definition) is 1. The molecule has 1 N–H and O–H groups in total. The minimum absolute atomic E-state index is 0.0295. The van der Waals surface area contributed by atoms with E-state index in [1.54, 1.807) is 4.90 Å². The summed E-state index contributed by atoms with van der Waals surface area (Å²) in [4.78, 5) is 19.0. The molecule has 1 fully saturated rings. The molecule has 4 rings (SSSR count). The lowest BCUT2D eigenvalue weighted by atomic mass is 10.1. The highest BCUT2D eigenvalue weighted by atomic mass is 16.5. The maximum atomic E-state index is 12.7. The van der Waals surface area contributed by atoms with E-state index in [4.69, 9.17) is 14.0 Å². The molecule has 1 aromatic heterocycles. The van der Waals surface area contributed by atoms with Crippen LogP contribution in [0.2, 0.25) is 0 Å². The van der Waals surface area contributed by atoms with E-state index >= 15 is 0 Å². The number of aromatic nitrogens is 2. The first-order valence-corrected chi connectivity index (χ1v) is 10.9. The number of likely N-dealkylation sites (tertiary alicyclic amines) is 1. The quantitative estimate of drug-likeness (QED) is 0.562.